The second-order valence-corrected chi connectivity index (χ2v) is 8.77. The van der Waals surface area contributed by atoms with E-state index in [0.29, 0.717) is 11.5 Å². The molecular weight excluding hydrogens is 388 g/mol. The summed E-state index contributed by atoms with van der Waals surface area (Å²) in [6.45, 7) is 0. The highest BCUT2D eigenvalue weighted by molar-refractivity contribution is 7.99. The van der Waals surface area contributed by atoms with Crippen molar-refractivity contribution in [1.82, 2.24) is 4.57 Å². The molecule has 0 aliphatic heterocycles. The number of nitrogens with two attached hydrogens (primary N) is 1. The van der Waals surface area contributed by atoms with Crippen LogP contribution in [0, 0.1) is 0 Å². The molecular formula is C26H24N2OS. The van der Waals surface area contributed by atoms with Gasteiger partial charge in [0, 0.05) is 33.4 Å². The lowest BCUT2D eigenvalue weighted by molar-refractivity contribution is 0.468. The molecule has 4 heteroatoms. The Balaban J connectivity index is 1.56. The Kier molecular flexibility index (Phi) is 5.11. The second-order valence-electron chi connectivity index (χ2n) is 7.60. The summed E-state index contributed by atoms with van der Waals surface area (Å²) >= 11 is 1.77. The average Bonchev–Trinajstić information content (AvgIpc) is 2.96. The van der Waals surface area contributed by atoms with Gasteiger partial charge in [-0.25, -0.2) is 0 Å². The third-order valence-corrected chi connectivity index (χ3v) is 7.02. The lowest BCUT2D eigenvalue weighted by atomic mass is 10.2. The van der Waals surface area contributed by atoms with E-state index in [1.807, 2.05) is 30.3 Å². The highest BCUT2D eigenvalue weighted by Gasteiger charge is 2.18. The zero-order valence-corrected chi connectivity index (χ0v) is 17.4. The van der Waals surface area contributed by atoms with E-state index in [1.165, 1.54) is 10.8 Å². The molecule has 5 rings (SSSR count). The molecule has 0 bridgehead atoms. The van der Waals surface area contributed by atoms with Gasteiger partial charge in [-0.05, 0) is 24.6 Å². The zero-order chi connectivity index (χ0) is 20.5. The highest BCUT2D eigenvalue weighted by Crippen LogP contribution is 2.37. The molecule has 3 aromatic carbocycles. The zero-order valence-electron chi connectivity index (χ0n) is 16.6. The maximum Gasteiger partial charge on any atom is 0.143 e. The van der Waals surface area contributed by atoms with Crippen LogP contribution >= 0.6 is 11.8 Å². The predicted octanol–water partition coefficient (Wildman–Crippen LogP) is 5.93. The molecule has 4 aromatic rings. The predicted molar refractivity (Wildman–Crippen MR) is 128 cm³/mol. The van der Waals surface area contributed by atoms with Crippen molar-refractivity contribution in [3.05, 3.63) is 96.6 Å². The number of allylic oxidation sites excluding steroid dienone is 2. The number of fused-ring (bicyclic) bond motifs is 3. The van der Waals surface area contributed by atoms with E-state index < -0.39 is 0 Å². The SMILES string of the molecule is NC1C=CCC=CC1SCc1cccc(-n2c3ccccc3c3ccccc32)c1O. The average molecular weight is 413 g/mol. The quantitative estimate of drug-likeness (QED) is 0.408. The van der Waals surface area contributed by atoms with Crippen molar-refractivity contribution in [2.45, 2.75) is 23.5 Å². The molecule has 1 aliphatic carbocycles. The largest absolute Gasteiger partial charge is 0.505 e. The van der Waals surface area contributed by atoms with E-state index in [4.69, 9.17) is 5.73 Å². The number of para-hydroxylation sites is 3. The van der Waals surface area contributed by atoms with Crippen molar-refractivity contribution in [1.29, 1.82) is 0 Å². The standard InChI is InChI=1S/C26H24N2OS/c27-21-12-2-1-3-16-25(21)30-17-18-9-8-15-24(26(18)29)28-22-13-6-4-10-19(22)20-11-5-7-14-23(20)28/h2-16,21,25,29H,1,17,27H2. The van der Waals surface area contributed by atoms with Crippen molar-refractivity contribution in [3.8, 4) is 11.4 Å². The molecule has 1 heterocycles. The molecule has 30 heavy (non-hydrogen) atoms. The lowest BCUT2D eigenvalue weighted by Gasteiger charge is -2.18. The molecule has 3 N–H and O–H groups in total. The van der Waals surface area contributed by atoms with Crippen LogP contribution in [-0.4, -0.2) is 21.0 Å². The maximum absolute atomic E-state index is 11.2. The smallest absolute Gasteiger partial charge is 0.143 e. The lowest BCUT2D eigenvalue weighted by Crippen LogP contribution is -2.28. The second kappa shape index (κ2) is 8.05. The molecule has 0 spiro atoms. The molecule has 150 valence electrons. The van der Waals surface area contributed by atoms with Crippen LogP contribution in [0.25, 0.3) is 27.5 Å². The molecule has 3 nitrogen and oxygen atoms in total. The van der Waals surface area contributed by atoms with Crippen molar-refractivity contribution in [2.24, 2.45) is 5.73 Å². The summed E-state index contributed by atoms with van der Waals surface area (Å²) in [5.74, 6) is 1.03. The maximum atomic E-state index is 11.2. The van der Waals surface area contributed by atoms with Gasteiger partial charge in [0.1, 0.15) is 5.75 Å². The van der Waals surface area contributed by atoms with Crippen LogP contribution in [0.3, 0.4) is 0 Å². The molecule has 2 atom stereocenters. The molecule has 1 aliphatic rings. The van der Waals surface area contributed by atoms with Gasteiger partial charge in [0.2, 0.25) is 0 Å². The number of phenolic OH excluding ortho intramolecular Hbond substituents is 1. The topological polar surface area (TPSA) is 51.2 Å². The summed E-state index contributed by atoms with van der Waals surface area (Å²) < 4.78 is 2.16. The number of benzene rings is 3. The Morgan fingerprint density at radius 3 is 2.27 bits per heavy atom. The molecule has 0 saturated carbocycles. The van der Waals surface area contributed by atoms with Crippen LogP contribution in [0.2, 0.25) is 0 Å². The number of nitrogens with zero attached hydrogens (tertiary/aromatic N) is 1. The Morgan fingerprint density at radius 2 is 1.53 bits per heavy atom. The first-order chi connectivity index (χ1) is 14.7. The Hall–Kier alpha value is -2.95. The summed E-state index contributed by atoms with van der Waals surface area (Å²) in [6, 6.07) is 22.7. The normalized spacial score (nSPS) is 18.8. The van der Waals surface area contributed by atoms with E-state index >= 15 is 0 Å². The van der Waals surface area contributed by atoms with Crippen molar-refractivity contribution in [3.63, 3.8) is 0 Å². The van der Waals surface area contributed by atoms with Gasteiger partial charge in [-0.2, -0.15) is 0 Å². The fourth-order valence-electron chi connectivity index (χ4n) is 4.17. The van der Waals surface area contributed by atoms with E-state index in [9.17, 15) is 5.11 Å². The highest BCUT2D eigenvalue weighted by atomic mass is 32.2. The fraction of sp³-hybridized carbons (Fsp3) is 0.154. The van der Waals surface area contributed by atoms with Gasteiger partial charge in [0.15, 0.2) is 0 Å². The van der Waals surface area contributed by atoms with E-state index in [2.05, 4.69) is 65.3 Å². The third kappa shape index (κ3) is 3.32. The van der Waals surface area contributed by atoms with Crippen LogP contribution in [0.5, 0.6) is 5.75 Å². The number of thioether (sulfide) groups is 1. The molecule has 0 amide bonds. The van der Waals surface area contributed by atoms with E-state index in [0.717, 1.165) is 28.7 Å². The van der Waals surface area contributed by atoms with E-state index in [1.54, 1.807) is 11.8 Å². The number of phenols is 1. The molecule has 2 unspecified atom stereocenters. The monoisotopic (exact) mass is 412 g/mol. The third-order valence-electron chi connectivity index (χ3n) is 5.69. The number of aromatic hydroxyl groups is 1. The van der Waals surface area contributed by atoms with Gasteiger partial charge < -0.3 is 15.4 Å². The van der Waals surface area contributed by atoms with Crippen molar-refractivity contribution in [2.75, 3.05) is 0 Å². The van der Waals surface area contributed by atoms with Gasteiger partial charge in [-0.15, -0.1) is 11.8 Å². The number of aromatic nitrogens is 1. The molecule has 1 aromatic heterocycles. The summed E-state index contributed by atoms with van der Waals surface area (Å²) in [5.41, 5.74) is 10.2. The minimum absolute atomic E-state index is 0.00332. The Morgan fingerprint density at radius 1 is 0.867 bits per heavy atom. The first-order valence-corrected chi connectivity index (χ1v) is 11.3. The van der Waals surface area contributed by atoms with Gasteiger partial charge in [-0.3, -0.25) is 0 Å². The number of hydrogen-bond donors (Lipinski definition) is 2. The van der Waals surface area contributed by atoms with Crippen LogP contribution in [0.15, 0.2) is 91.0 Å². The van der Waals surface area contributed by atoms with Crippen LogP contribution < -0.4 is 5.73 Å². The van der Waals surface area contributed by atoms with Crippen molar-refractivity contribution < 1.29 is 5.11 Å². The van der Waals surface area contributed by atoms with Gasteiger partial charge in [0.25, 0.3) is 0 Å². The van der Waals surface area contributed by atoms with Crippen LogP contribution in [-0.2, 0) is 5.75 Å². The first-order valence-electron chi connectivity index (χ1n) is 10.2. The summed E-state index contributed by atoms with van der Waals surface area (Å²) in [5, 5.41) is 13.8. The Bertz CT molecular complexity index is 1220. The van der Waals surface area contributed by atoms with Gasteiger partial charge >= 0.3 is 0 Å². The van der Waals surface area contributed by atoms with E-state index in [-0.39, 0.29) is 11.3 Å². The van der Waals surface area contributed by atoms with Crippen molar-refractivity contribution >= 4 is 33.6 Å². The van der Waals surface area contributed by atoms with Crippen LogP contribution in [0.1, 0.15) is 12.0 Å². The molecule has 0 fully saturated rings. The summed E-state index contributed by atoms with van der Waals surface area (Å²) in [4.78, 5) is 0. The van der Waals surface area contributed by atoms with Crippen LogP contribution in [0.4, 0.5) is 0 Å². The number of hydrogen-bond acceptors (Lipinski definition) is 3. The Labute approximate surface area is 180 Å². The first kappa shape index (κ1) is 19.0. The van der Waals surface area contributed by atoms with Gasteiger partial charge in [-0.1, -0.05) is 72.8 Å². The molecule has 0 saturated heterocycles. The fourth-order valence-corrected chi connectivity index (χ4v) is 5.31. The summed E-state index contributed by atoms with van der Waals surface area (Å²) in [7, 11) is 0. The minimum atomic E-state index is -0.00332. The molecule has 0 radical (unpaired) electrons. The number of rotatable bonds is 4. The minimum Gasteiger partial charge on any atom is -0.505 e. The van der Waals surface area contributed by atoms with Gasteiger partial charge in [0.05, 0.1) is 16.7 Å². The summed E-state index contributed by atoms with van der Waals surface area (Å²) in [6.07, 6.45) is 9.46.